The van der Waals surface area contributed by atoms with Crippen LogP contribution in [0.3, 0.4) is 0 Å². The first-order chi connectivity index (χ1) is 13.0. The minimum Gasteiger partial charge on any atom is -0.370 e. The molecule has 0 saturated heterocycles. The van der Waals surface area contributed by atoms with Crippen molar-refractivity contribution < 1.29 is 0 Å². The lowest BCUT2D eigenvalue weighted by Gasteiger charge is -2.51. The molecule has 2 aromatic rings. The van der Waals surface area contributed by atoms with Gasteiger partial charge in [0.15, 0.2) is 0 Å². The Labute approximate surface area is 165 Å². The van der Waals surface area contributed by atoms with Crippen molar-refractivity contribution in [2.75, 3.05) is 36.0 Å². The van der Waals surface area contributed by atoms with Crippen LogP contribution in [0.5, 0.6) is 0 Å². The first-order valence-corrected chi connectivity index (χ1v) is 10.6. The zero-order valence-electron chi connectivity index (χ0n) is 17.4. The Kier molecular flexibility index (Phi) is 4.92. The summed E-state index contributed by atoms with van der Waals surface area (Å²) in [6.07, 6.45) is 2.39. The van der Waals surface area contributed by atoms with Gasteiger partial charge in [-0.05, 0) is 47.9 Å². The summed E-state index contributed by atoms with van der Waals surface area (Å²) in [4.78, 5) is 5.34. The van der Waals surface area contributed by atoms with E-state index < -0.39 is 0 Å². The molecule has 2 aromatic carbocycles. The highest BCUT2D eigenvalue weighted by molar-refractivity contribution is 5.61. The zero-order valence-corrected chi connectivity index (χ0v) is 17.4. The summed E-state index contributed by atoms with van der Waals surface area (Å²) in [6.45, 7) is 14.0. The Morgan fingerprint density at radius 1 is 0.704 bits per heavy atom. The second-order valence-corrected chi connectivity index (χ2v) is 9.66. The van der Waals surface area contributed by atoms with Crippen molar-refractivity contribution in [1.29, 1.82) is 0 Å². The summed E-state index contributed by atoms with van der Waals surface area (Å²) in [5.74, 6) is 1.35. The number of nitrogens with zero attached hydrogens (tertiary/aromatic N) is 2. The van der Waals surface area contributed by atoms with Crippen LogP contribution in [0.25, 0.3) is 0 Å². The van der Waals surface area contributed by atoms with E-state index in [0.29, 0.717) is 17.3 Å². The van der Waals surface area contributed by atoms with E-state index in [9.17, 15) is 0 Å². The molecule has 0 unspecified atom stereocenters. The average Bonchev–Trinajstić information content (AvgIpc) is 2.60. The fourth-order valence-electron chi connectivity index (χ4n) is 5.27. The zero-order chi connectivity index (χ0) is 19.0. The van der Waals surface area contributed by atoms with Crippen LogP contribution in [0.2, 0.25) is 0 Å². The van der Waals surface area contributed by atoms with Gasteiger partial charge in [0.25, 0.3) is 0 Å². The highest BCUT2D eigenvalue weighted by atomic mass is 15.2. The van der Waals surface area contributed by atoms with Crippen molar-refractivity contribution in [2.24, 2.45) is 17.3 Å². The van der Waals surface area contributed by atoms with Crippen LogP contribution in [-0.2, 0) is 12.8 Å². The molecule has 2 heteroatoms. The van der Waals surface area contributed by atoms with Gasteiger partial charge in [0.1, 0.15) is 0 Å². The first-order valence-electron chi connectivity index (χ1n) is 10.6. The molecular formula is C25H34N2. The number of hydrogen-bond acceptors (Lipinski definition) is 2. The Bertz CT molecular complexity index is 725. The van der Waals surface area contributed by atoms with Crippen molar-refractivity contribution in [3.63, 3.8) is 0 Å². The Balaban J connectivity index is 1.72. The number of para-hydroxylation sites is 2. The normalized spacial score (nSPS) is 18.1. The lowest BCUT2D eigenvalue weighted by Crippen LogP contribution is -2.54. The lowest BCUT2D eigenvalue weighted by atomic mass is 9.70. The van der Waals surface area contributed by atoms with E-state index in [4.69, 9.17) is 0 Å². The fourth-order valence-corrected chi connectivity index (χ4v) is 5.27. The van der Waals surface area contributed by atoms with Crippen molar-refractivity contribution in [1.82, 2.24) is 0 Å². The number of hydrogen-bond donors (Lipinski definition) is 0. The summed E-state index contributed by atoms with van der Waals surface area (Å²) in [5.41, 5.74) is 6.31. The van der Waals surface area contributed by atoms with Gasteiger partial charge < -0.3 is 9.80 Å². The minimum atomic E-state index is 0.312. The van der Waals surface area contributed by atoms with E-state index in [1.54, 1.807) is 0 Å². The van der Waals surface area contributed by atoms with Gasteiger partial charge in [0.05, 0.1) is 0 Å². The summed E-state index contributed by atoms with van der Waals surface area (Å²) < 4.78 is 0. The predicted molar refractivity (Wildman–Crippen MR) is 117 cm³/mol. The fraction of sp³-hybridized carbons (Fsp3) is 0.520. The molecule has 0 saturated carbocycles. The highest BCUT2D eigenvalue weighted by Crippen LogP contribution is 2.44. The van der Waals surface area contributed by atoms with Crippen molar-refractivity contribution in [3.8, 4) is 0 Å². The molecule has 4 rings (SSSR count). The topological polar surface area (TPSA) is 6.48 Å². The van der Waals surface area contributed by atoms with Gasteiger partial charge in [-0.3, -0.25) is 0 Å². The third kappa shape index (κ3) is 3.72. The molecule has 144 valence electrons. The smallest absolute Gasteiger partial charge is 0.0399 e. The molecule has 0 radical (unpaired) electrons. The molecule has 0 aromatic heterocycles. The van der Waals surface area contributed by atoms with Crippen molar-refractivity contribution >= 4 is 11.4 Å². The van der Waals surface area contributed by atoms with Gasteiger partial charge >= 0.3 is 0 Å². The van der Waals surface area contributed by atoms with Gasteiger partial charge in [-0.25, -0.2) is 0 Å². The van der Waals surface area contributed by atoms with Gasteiger partial charge in [-0.15, -0.1) is 0 Å². The summed E-state index contributed by atoms with van der Waals surface area (Å²) >= 11 is 0. The maximum atomic E-state index is 2.67. The molecule has 0 fully saturated rings. The van der Waals surface area contributed by atoms with Gasteiger partial charge in [-0.2, -0.15) is 0 Å². The number of rotatable bonds is 4. The Hall–Kier alpha value is -1.96. The number of benzene rings is 2. The average molecular weight is 363 g/mol. The second kappa shape index (κ2) is 7.22. The molecule has 2 aliphatic heterocycles. The van der Waals surface area contributed by atoms with E-state index in [0.717, 1.165) is 13.1 Å². The number of anilines is 2. The van der Waals surface area contributed by atoms with Crippen LogP contribution < -0.4 is 9.80 Å². The first kappa shape index (κ1) is 18.4. The van der Waals surface area contributed by atoms with Crippen LogP contribution in [0, 0.1) is 17.3 Å². The molecule has 0 atom stereocenters. The molecule has 2 aliphatic rings. The molecule has 0 aliphatic carbocycles. The summed E-state index contributed by atoms with van der Waals surface area (Å²) in [6, 6.07) is 18.2. The van der Waals surface area contributed by atoms with E-state index in [1.807, 2.05) is 0 Å². The molecular weight excluding hydrogens is 328 g/mol. The van der Waals surface area contributed by atoms with Crippen LogP contribution in [0.15, 0.2) is 48.5 Å². The Morgan fingerprint density at radius 2 is 1.11 bits per heavy atom. The van der Waals surface area contributed by atoms with Crippen molar-refractivity contribution in [2.45, 2.75) is 40.5 Å². The Morgan fingerprint density at radius 3 is 1.52 bits per heavy atom. The molecule has 1 spiro atoms. The van der Waals surface area contributed by atoms with Gasteiger partial charge in [0.2, 0.25) is 0 Å². The molecule has 27 heavy (non-hydrogen) atoms. The predicted octanol–water partition coefficient (Wildman–Crippen LogP) is 5.41. The van der Waals surface area contributed by atoms with Crippen LogP contribution in [0.1, 0.15) is 38.8 Å². The molecule has 0 amide bonds. The monoisotopic (exact) mass is 362 g/mol. The van der Waals surface area contributed by atoms with Crippen molar-refractivity contribution in [3.05, 3.63) is 59.7 Å². The molecule has 0 N–H and O–H groups in total. The van der Waals surface area contributed by atoms with E-state index in [-0.39, 0.29) is 0 Å². The minimum absolute atomic E-state index is 0.312. The third-order valence-electron chi connectivity index (χ3n) is 6.02. The van der Waals surface area contributed by atoms with Gasteiger partial charge in [-0.1, -0.05) is 64.1 Å². The van der Waals surface area contributed by atoms with E-state index in [2.05, 4.69) is 86.0 Å². The lowest BCUT2D eigenvalue weighted by molar-refractivity contribution is 0.259. The van der Waals surface area contributed by atoms with Crippen LogP contribution in [-0.4, -0.2) is 26.2 Å². The summed E-state index contributed by atoms with van der Waals surface area (Å²) in [5, 5.41) is 0. The van der Waals surface area contributed by atoms with E-state index in [1.165, 1.54) is 48.4 Å². The molecule has 0 bridgehead atoms. The largest absolute Gasteiger partial charge is 0.370 e. The quantitative estimate of drug-likeness (QED) is 0.717. The van der Waals surface area contributed by atoms with Crippen LogP contribution in [0.4, 0.5) is 11.4 Å². The maximum absolute atomic E-state index is 2.67. The van der Waals surface area contributed by atoms with E-state index >= 15 is 0 Å². The molecule has 2 heterocycles. The van der Waals surface area contributed by atoms with Gasteiger partial charge in [0, 0.05) is 43.0 Å². The van der Waals surface area contributed by atoms with Crippen LogP contribution >= 0.6 is 0 Å². The third-order valence-corrected chi connectivity index (χ3v) is 6.02. The standard InChI is InChI=1S/C25H34N2/c1-19(2)15-26-17-25(13-21-9-5-7-11-23(21)26)14-22-10-6-8-12-24(22)27(18-25)16-20(3)4/h5-12,19-20H,13-18H2,1-4H3. The SMILES string of the molecule is CC(C)CN1CC2(Cc3ccccc31)Cc1ccccc1N(CC(C)C)C2. The molecule has 2 nitrogen and oxygen atoms in total. The maximum Gasteiger partial charge on any atom is 0.0399 e. The second-order valence-electron chi connectivity index (χ2n) is 9.66. The number of fused-ring (bicyclic) bond motifs is 2. The summed E-state index contributed by atoms with van der Waals surface area (Å²) in [7, 11) is 0. The highest BCUT2D eigenvalue weighted by Gasteiger charge is 2.42.